The van der Waals surface area contributed by atoms with E-state index in [1.807, 2.05) is 13.8 Å². The number of carboxylic acids is 1. The highest BCUT2D eigenvalue weighted by atomic mass is 16.4. The van der Waals surface area contributed by atoms with Gasteiger partial charge in [-0.2, -0.15) is 0 Å². The molecule has 6 heteroatoms. The molecular weight excluding hydrogens is 248 g/mol. The monoisotopic (exact) mass is 270 g/mol. The fourth-order valence-electron chi connectivity index (χ4n) is 1.63. The molecule has 1 aliphatic carbocycles. The molecule has 6 nitrogen and oxygen atoms in total. The van der Waals surface area contributed by atoms with Crippen LogP contribution < -0.4 is 10.6 Å². The van der Waals surface area contributed by atoms with Crippen LogP contribution in [0.4, 0.5) is 0 Å². The highest BCUT2D eigenvalue weighted by Crippen LogP contribution is 2.45. The molecule has 0 unspecified atom stereocenters. The van der Waals surface area contributed by atoms with E-state index < -0.39 is 11.4 Å². The zero-order valence-corrected chi connectivity index (χ0v) is 11.5. The van der Waals surface area contributed by atoms with Gasteiger partial charge in [0.2, 0.25) is 11.8 Å². The molecule has 0 saturated heterocycles. The first-order valence-corrected chi connectivity index (χ1v) is 6.62. The Kier molecular flexibility index (Phi) is 5.32. The molecule has 1 saturated carbocycles. The maximum atomic E-state index is 11.5. The van der Waals surface area contributed by atoms with E-state index in [1.54, 1.807) is 0 Å². The van der Waals surface area contributed by atoms with E-state index in [2.05, 4.69) is 10.6 Å². The lowest BCUT2D eigenvalue weighted by Gasteiger charge is -2.11. The minimum Gasteiger partial charge on any atom is -0.481 e. The summed E-state index contributed by atoms with van der Waals surface area (Å²) in [7, 11) is 0. The highest BCUT2D eigenvalue weighted by Gasteiger charge is 2.50. The Morgan fingerprint density at radius 1 is 1.16 bits per heavy atom. The lowest BCUT2D eigenvalue weighted by molar-refractivity contribution is -0.143. The Balaban J connectivity index is 2.15. The summed E-state index contributed by atoms with van der Waals surface area (Å²) in [6.45, 7) is 4.11. The molecule has 0 atom stereocenters. The largest absolute Gasteiger partial charge is 0.481 e. The van der Waals surface area contributed by atoms with Crippen LogP contribution in [0, 0.1) is 11.3 Å². The molecular formula is C13H22N2O4. The highest BCUT2D eigenvalue weighted by molar-refractivity contribution is 5.85. The maximum Gasteiger partial charge on any atom is 0.311 e. The number of hydrogen-bond donors (Lipinski definition) is 3. The second-order valence-electron chi connectivity index (χ2n) is 5.57. The number of amides is 2. The van der Waals surface area contributed by atoms with Crippen molar-refractivity contribution in [1.29, 1.82) is 0 Å². The topological polar surface area (TPSA) is 95.5 Å². The number of carbonyl (C=O) groups excluding carboxylic acids is 2. The van der Waals surface area contributed by atoms with Gasteiger partial charge in [0, 0.05) is 13.0 Å². The van der Waals surface area contributed by atoms with Gasteiger partial charge in [0.15, 0.2) is 0 Å². The molecule has 0 aliphatic heterocycles. The molecule has 3 N–H and O–H groups in total. The fourth-order valence-corrected chi connectivity index (χ4v) is 1.63. The molecule has 2 amide bonds. The van der Waals surface area contributed by atoms with Crippen LogP contribution in [0.15, 0.2) is 0 Å². The molecule has 0 bridgehead atoms. The van der Waals surface area contributed by atoms with Gasteiger partial charge in [-0.05, 0) is 25.2 Å². The van der Waals surface area contributed by atoms with E-state index in [4.69, 9.17) is 5.11 Å². The van der Waals surface area contributed by atoms with Crippen LogP contribution >= 0.6 is 0 Å². The normalized spacial score (nSPS) is 15.9. The molecule has 1 fully saturated rings. The van der Waals surface area contributed by atoms with Gasteiger partial charge >= 0.3 is 5.97 Å². The molecule has 0 heterocycles. The van der Waals surface area contributed by atoms with Gasteiger partial charge < -0.3 is 15.7 Å². The lowest BCUT2D eigenvalue weighted by Crippen LogP contribution is -2.40. The third-order valence-corrected chi connectivity index (χ3v) is 3.33. The number of rotatable bonds is 8. The quantitative estimate of drug-likeness (QED) is 0.599. The van der Waals surface area contributed by atoms with E-state index in [0.29, 0.717) is 25.2 Å². The third-order valence-electron chi connectivity index (χ3n) is 3.33. The van der Waals surface area contributed by atoms with Crippen molar-refractivity contribution in [3.63, 3.8) is 0 Å². The summed E-state index contributed by atoms with van der Waals surface area (Å²) < 4.78 is 0. The minimum atomic E-state index is -0.867. The van der Waals surface area contributed by atoms with Crippen molar-refractivity contribution in [3.8, 4) is 0 Å². The molecule has 108 valence electrons. The van der Waals surface area contributed by atoms with Crippen molar-refractivity contribution in [2.45, 2.75) is 39.5 Å². The Morgan fingerprint density at radius 2 is 1.79 bits per heavy atom. The molecule has 0 aromatic heterocycles. The third kappa shape index (κ3) is 5.28. The molecule has 1 aliphatic rings. The average molecular weight is 270 g/mol. The summed E-state index contributed by atoms with van der Waals surface area (Å²) in [5, 5.41) is 14.0. The van der Waals surface area contributed by atoms with Crippen molar-refractivity contribution in [2.75, 3.05) is 13.1 Å². The number of carbonyl (C=O) groups is 3. The van der Waals surface area contributed by atoms with E-state index in [0.717, 1.165) is 6.42 Å². The van der Waals surface area contributed by atoms with Gasteiger partial charge in [0.1, 0.15) is 0 Å². The van der Waals surface area contributed by atoms with Crippen LogP contribution in [0.3, 0.4) is 0 Å². The van der Waals surface area contributed by atoms with Crippen LogP contribution in [-0.2, 0) is 14.4 Å². The molecule has 19 heavy (non-hydrogen) atoms. The van der Waals surface area contributed by atoms with E-state index in [-0.39, 0.29) is 24.9 Å². The zero-order valence-electron chi connectivity index (χ0n) is 11.5. The number of aliphatic carboxylic acids is 1. The van der Waals surface area contributed by atoms with Gasteiger partial charge in [0.25, 0.3) is 0 Å². The molecule has 0 spiro atoms. The van der Waals surface area contributed by atoms with Gasteiger partial charge in [-0.1, -0.05) is 13.8 Å². The number of hydrogen-bond acceptors (Lipinski definition) is 3. The first kappa shape index (κ1) is 15.5. The molecule has 0 radical (unpaired) electrons. The summed E-state index contributed by atoms with van der Waals surface area (Å²) in [5.41, 5.74) is -0.767. The number of carboxylic acid groups (broad SMARTS) is 1. The van der Waals surface area contributed by atoms with Gasteiger partial charge in [-0.3, -0.25) is 14.4 Å². The van der Waals surface area contributed by atoms with Crippen molar-refractivity contribution >= 4 is 17.8 Å². The summed E-state index contributed by atoms with van der Waals surface area (Å²) in [5.74, 6) is -0.910. The van der Waals surface area contributed by atoms with E-state index in [1.165, 1.54) is 0 Å². The Labute approximate surface area is 112 Å². The van der Waals surface area contributed by atoms with Crippen LogP contribution in [0.2, 0.25) is 0 Å². The van der Waals surface area contributed by atoms with Gasteiger partial charge in [-0.15, -0.1) is 0 Å². The van der Waals surface area contributed by atoms with Crippen molar-refractivity contribution < 1.29 is 19.5 Å². The smallest absolute Gasteiger partial charge is 0.311 e. The zero-order chi connectivity index (χ0) is 14.5. The van der Waals surface area contributed by atoms with Crippen LogP contribution in [0.25, 0.3) is 0 Å². The minimum absolute atomic E-state index is 0.0906. The Morgan fingerprint density at radius 3 is 2.26 bits per heavy atom. The van der Waals surface area contributed by atoms with Crippen LogP contribution in [0.5, 0.6) is 0 Å². The van der Waals surface area contributed by atoms with E-state index >= 15 is 0 Å². The molecule has 0 aromatic carbocycles. The summed E-state index contributed by atoms with van der Waals surface area (Å²) in [4.78, 5) is 33.7. The first-order chi connectivity index (χ1) is 8.85. The second kappa shape index (κ2) is 6.54. The predicted octanol–water partition coefficient (Wildman–Crippen LogP) is 0.520. The maximum absolute atomic E-state index is 11.5. The van der Waals surface area contributed by atoms with Gasteiger partial charge in [0.05, 0.1) is 12.0 Å². The van der Waals surface area contributed by atoms with Crippen molar-refractivity contribution in [3.05, 3.63) is 0 Å². The second-order valence-corrected chi connectivity index (χ2v) is 5.57. The Bertz CT molecular complexity index is 362. The average Bonchev–Trinajstić information content (AvgIpc) is 3.12. The summed E-state index contributed by atoms with van der Waals surface area (Å²) >= 11 is 0. The number of nitrogens with one attached hydrogen (secondary N) is 2. The lowest BCUT2D eigenvalue weighted by atomic mass is 10.1. The van der Waals surface area contributed by atoms with Crippen LogP contribution in [0.1, 0.15) is 39.5 Å². The van der Waals surface area contributed by atoms with Crippen LogP contribution in [-0.4, -0.2) is 36.0 Å². The van der Waals surface area contributed by atoms with E-state index in [9.17, 15) is 14.4 Å². The standard InChI is InChI=1S/C13H22N2O4/c1-9(2)3-4-10(16)14-7-11(17)15-8-13(5-6-13)12(18)19/h9H,3-8H2,1-2H3,(H,14,16)(H,15,17)(H,18,19). The van der Waals surface area contributed by atoms with Crippen molar-refractivity contribution in [1.82, 2.24) is 10.6 Å². The first-order valence-electron chi connectivity index (χ1n) is 6.62. The van der Waals surface area contributed by atoms with Gasteiger partial charge in [-0.25, -0.2) is 0 Å². The predicted molar refractivity (Wildman–Crippen MR) is 69.4 cm³/mol. The Hall–Kier alpha value is -1.59. The van der Waals surface area contributed by atoms with Crippen molar-refractivity contribution in [2.24, 2.45) is 11.3 Å². The SMILES string of the molecule is CC(C)CCC(=O)NCC(=O)NCC1(C(=O)O)CC1. The fraction of sp³-hybridized carbons (Fsp3) is 0.769. The summed E-state index contributed by atoms with van der Waals surface area (Å²) in [6.07, 6.45) is 2.40. The molecule has 0 aromatic rings. The molecule has 1 rings (SSSR count). The summed E-state index contributed by atoms with van der Waals surface area (Å²) in [6, 6.07) is 0.